The minimum Gasteiger partial charge on any atom is -0.206 e. The maximum atomic E-state index is 14.5. The van der Waals surface area contributed by atoms with E-state index in [1.54, 1.807) is 0 Å². The van der Waals surface area contributed by atoms with Crippen molar-refractivity contribution in [2.45, 2.75) is 44.9 Å². The molecule has 138 valence electrons. The monoisotopic (exact) mass is 358 g/mol. The zero-order valence-corrected chi connectivity index (χ0v) is 16.0. The molecule has 0 aromatic heterocycles. The molecule has 0 unspecified atom stereocenters. The second-order valence-corrected chi connectivity index (χ2v) is 7.80. The standard InChI is InChI=1S/C26H27F/c1-3-18-5-7-20(8-6-18)21-10-12-22(13-11-21)23-15-16-25-24(17-23)14-9-19(4-2)26(25)27/h3,9-18,20H,1,4-8H2,2H3. The molecule has 0 atom stereocenters. The molecule has 3 aromatic carbocycles. The van der Waals surface area contributed by atoms with Crippen molar-refractivity contribution in [3.05, 3.63) is 84.2 Å². The van der Waals surface area contributed by atoms with E-state index in [2.05, 4.69) is 43.0 Å². The molecule has 1 fully saturated rings. The summed E-state index contributed by atoms with van der Waals surface area (Å²) in [6, 6.07) is 19.0. The highest BCUT2D eigenvalue weighted by molar-refractivity contribution is 5.88. The van der Waals surface area contributed by atoms with E-state index in [0.717, 1.165) is 22.9 Å². The Morgan fingerprint density at radius 2 is 1.63 bits per heavy atom. The fraction of sp³-hybridized carbons (Fsp3) is 0.308. The van der Waals surface area contributed by atoms with E-state index in [1.165, 1.54) is 36.8 Å². The van der Waals surface area contributed by atoms with Gasteiger partial charge in [0.15, 0.2) is 0 Å². The maximum absolute atomic E-state index is 14.5. The van der Waals surface area contributed by atoms with Crippen molar-refractivity contribution in [1.29, 1.82) is 0 Å². The SMILES string of the molecule is C=CC1CCC(c2ccc(-c3ccc4c(F)c(CC)ccc4c3)cc2)CC1. The predicted octanol–water partition coefficient (Wildman–Crippen LogP) is 7.67. The zero-order valence-electron chi connectivity index (χ0n) is 16.0. The number of aryl methyl sites for hydroxylation is 1. The lowest BCUT2D eigenvalue weighted by Crippen LogP contribution is -2.11. The molecular weight excluding hydrogens is 331 g/mol. The maximum Gasteiger partial charge on any atom is 0.134 e. The summed E-state index contributed by atoms with van der Waals surface area (Å²) in [4.78, 5) is 0. The topological polar surface area (TPSA) is 0 Å². The Morgan fingerprint density at radius 3 is 2.30 bits per heavy atom. The summed E-state index contributed by atoms with van der Waals surface area (Å²) in [7, 11) is 0. The van der Waals surface area contributed by atoms with Gasteiger partial charge < -0.3 is 0 Å². The van der Waals surface area contributed by atoms with Gasteiger partial charge >= 0.3 is 0 Å². The minimum absolute atomic E-state index is 0.0768. The van der Waals surface area contributed by atoms with Gasteiger partial charge in [-0.1, -0.05) is 61.5 Å². The van der Waals surface area contributed by atoms with Crippen LogP contribution in [0.3, 0.4) is 0 Å². The quantitative estimate of drug-likeness (QED) is 0.420. The lowest BCUT2D eigenvalue weighted by atomic mass is 9.78. The smallest absolute Gasteiger partial charge is 0.134 e. The third kappa shape index (κ3) is 3.56. The van der Waals surface area contributed by atoms with Gasteiger partial charge in [-0.3, -0.25) is 0 Å². The van der Waals surface area contributed by atoms with Gasteiger partial charge in [0, 0.05) is 5.39 Å². The number of rotatable bonds is 4. The molecule has 1 heteroatoms. The van der Waals surface area contributed by atoms with Gasteiger partial charge in [0.2, 0.25) is 0 Å². The second-order valence-electron chi connectivity index (χ2n) is 7.80. The number of halogens is 1. The van der Waals surface area contributed by atoms with Crippen LogP contribution in [0, 0.1) is 11.7 Å². The highest BCUT2D eigenvalue weighted by Crippen LogP contribution is 2.37. The minimum atomic E-state index is -0.0768. The summed E-state index contributed by atoms with van der Waals surface area (Å²) in [5, 5.41) is 1.68. The van der Waals surface area contributed by atoms with Crippen LogP contribution in [0.2, 0.25) is 0 Å². The van der Waals surface area contributed by atoms with Crippen molar-refractivity contribution >= 4 is 10.8 Å². The number of hydrogen-bond donors (Lipinski definition) is 0. The molecule has 0 spiro atoms. The van der Waals surface area contributed by atoms with Crippen LogP contribution in [-0.4, -0.2) is 0 Å². The van der Waals surface area contributed by atoms with Gasteiger partial charge in [-0.05, 0) is 77.6 Å². The summed E-state index contributed by atoms with van der Waals surface area (Å²) >= 11 is 0. The first-order chi connectivity index (χ1) is 13.2. The van der Waals surface area contributed by atoms with Gasteiger partial charge in [0.1, 0.15) is 5.82 Å². The molecule has 0 bridgehead atoms. The first-order valence-electron chi connectivity index (χ1n) is 10.1. The highest BCUT2D eigenvalue weighted by atomic mass is 19.1. The van der Waals surface area contributed by atoms with Crippen LogP contribution < -0.4 is 0 Å². The molecule has 1 saturated carbocycles. The predicted molar refractivity (Wildman–Crippen MR) is 114 cm³/mol. The summed E-state index contributed by atoms with van der Waals surface area (Å²) in [5.74, 6) is 1.30. The fourth-order valence-corrected chi connectivity index (χ4v) is 4.43. The number of hydrogen-bond acceptors (Lipinski definition) is 0. The van der Waals surface area contributed by atoms with Crippen molar-refractivity contribution in [1.82, 2.24) is 0 Å². The lowest BCUT2D eigenvalue weighted by molar-refractivity contribution is 0.376. The molecular formula is C26H27F. The van der Waals surface area contributed by atoms with E-state index in [1.807, 2.05) is 31.2 Å². The van der Waals surface area contributed by atoms with Crippen LogP contribution in [0.5, 0.6) is 0 Å². The second kappa shape index (κ2) is 7.68. The summed E-state index contributed by atoms with van der Waals surface area (Å²) in [6.07, 6.45) is 7.86. The van der Waals surface area contributed by atoms with E-state index < -0.39 is 0 Å². The molecule has 0 radical (unpaired) electrons. The van der Waals surface area contributed by atoms with Gasteiger partial charge in [-0.25, -0.2) is 4.39 Å². The molecule has 27 heavy (non-hydrogen) atoms. The van der Waals surface area contributed by atoms with Gasteiger partial charge in [0.25, 0.3) is 0 Å². The first-order valence-corrected chi connectivity index (χ1v) is 10.1. The van der Waals surface area contributed by atoms with Gasteiger partial charge in [-0.15, -0.1) is 6.58 Å². The Kier molecular flexibility index (Phi) is 5.11. The van der Waals surface area contributed by atoms with Crippen LogP contribution in [0.25, 0.3) is 21.9 Å². The fourth-order valence-electron chi connectivity index (χ4n) is 4.43. The van der Waals surface area contributed by atoms with E-state index in [9.17, 15) is 4.39 Å². The Bertz CT molecular complexity index is 944. The van der Waals surface area contributed by atoms with Crippen molar-refractivity contribution < 1.29 is 4.39 Å². The van der Waals surface area contributed by atoms with Crippen molar-refractivity contribution in [2.24, 2.45) is 5.92 Å². The molecule has 3 aromatic rings. The van der Waals surface area contributed by atoms with Crippen LogP contribution >= 0.6 is 0 Å². The highest BCUT2D eigenvalue weighted by Gasteiger charge is 2.20. The average Bonchev–Trinajstić information content (AvgIpc) is 2.74. The molecule has 1 aliphatic rings. The largest absolute Gasteiger partial charge is 0.206 e. The average molecular weight is 359 g/mol. The number of allylic oxidation sites excluding steroid dienone is 1. The van der Waals surface area contributed by atoms with Crippen LogP contribution in [0.1, 0.15) is 49.7 Å². The normalized spacial score (nSPS) is 19.9. The molecule has 1 aliphatic carbocycles. The molecule has 0 saturated heterocycles. The molecule has 0 N–H and O–H groups in total. The number of fused-ring (bicyclic) bond motifs is 1. The molecule has 0 nitrogen and oxygen atoms in total. The Balaban J connectivity index is 1.58. The van der Waals surface area contributed by atoms with E-state index in [4.69, 9.17) is 0 Å². The van der Waals surface area contributed by atoms with Crippen molar-refractivity contribution in [3.8, 4) is 11.1 Å². The van der Waals surface area contributed by atoms with Gasteiger partial charge in [-0.2, -0.15) is 0 Å². The van der Waals surface area contributed by atoms with Crippen LogP contribution in [0.15, 0.2) is 67.3 Å². The lowest BCUT2D eigenvalue weighted by Gasteiger charge is -2.27. The van der Waals surface area contributed by atoms with Crippen LogP contribution in [-0.2, 0) is 6.42 Å². The van der Waals surface area contributed by atoms with E-state index in [-0.39, 0.29) is 5.82 Å². The Morgan fingerprint density at radius 1 is 0.926 bits per heavy atom. The molecule has 4 rings (SSSR count). The summed E-state index contributed by atoms with van der Waals surface area (Å²) in [6.45, 7) is 5.93. The summed E-state index contributed by atoms with van der Waals surface area (Å²) in [5.41, 5.74) is 4.57. The van der Waals surface area contributed by atoms with Gasteiger partial charge in [0.05, 0.1) is 0 Å². The molecule has 0 amide bonds. The Labute approximate surface area is 161 Å². The number of benzene rings is 3. The van der Waals surface area contributed by atoms with E-state index >= 15 is 0 Å². The Hall–Kier alpha value is -2.41. The molecule has 0 heterocycles. The van der Waals surface area contributed by atoms with Crippen molar-refractivity contribution in [3.63, 3.8) is 0 Å². The molecule has 0 aliphatic heterocycles. The summed E-state index contributed by atoms with van der Waals surface area (Å²) < 4.78 is 14.5. The van der Waals surface area contributed by atoms with Crippen LogP contribution in [0.4, 0.5) is 4.39 Å². The third-order valence-electron chi connectivity index (χ3n) is 6.24. The van der Waals surface area contributed by atoms with E-state index in [0.29, 0.717) is 17.2 Å². The van der Waals surface area contributed by atoms with Crippen molar-refractivity contribution in [2.75, 3.05) is 0 Å². The zero-order chi connectivity index (χ0) is 18.8. The third-order valence-corrected chi connectivity index (χ3v) is 6.24. The first kappa shape index (κ1) is 18.0.